The van der Waals surface area contributed by atoms with Crippen molar-refractivity contribution in [3.63, 3.8) is 0 Å². The third-order valence-electron chi connectivity index (χ3n) is 4.25. The number of aromatic nitrogens is 2. The van der Waals surface area contributed by atoms with Gasteiger partial charge in [-0.2, -0.15) is 5.10 Å². The zero-order chi connectivity index (χ0) is 19.3. The van der Waals surface area contributed by atoms with E-state index in [0.717, 1.165) is 0 Å². The van der Waals surface area contributed by atoms with Crippen molar-refractivity contribution in [3.8, 4) is 5.75 Å². The number of amides is 1. The largest absolute Gasteiger partial charge is 0.425 e. The van der Waals surface area contributed by atoms with Crippen LogP contribution in [-0.2, 0) is 5.41 Å². The lowest BCUT2D eigenvalue weighted by atomic mass is 9.85. The standard InChI is InChI=1S/C20H19F2N3O2/c1-20(13-21,14-22)15-6-5-7-16(12-15)25(18-10-11-23-24-18)19(26)27-17-8-3-2-4-9-17/h2-12H,13-14H2,1H3,(H,23,24). The average Bonchev–Trinajstić information content (AvgIpc) is 3.22. The maximum absolute atomic E-state index is 13.4. The number of halogens is 2. The third-order valence-corrected chi connectivity index (χ3v) is 4.25. The molecule has 0 saturated carbocycles. The normalized spacial score (nSPS) is 11.2. The molecule has 2 aromatic carbocycles. The van der Waals surface area contributed by atoms with Gasteiger partial charge in [0.2, 0.25) is 0 Å². The smallest absolute Gasteiger partial charge is 0.410 e. The minimum Gasteiger partial charge on any atom is -0.410 e. The Labute approximate surface area is 155 Å². The molecule has 1 N–H and O–H groups in total. The van der Waals surface area contributed by atoms with Gasteiger partial charge in [-0.1, -0.05) is 37.3 Å². The third kappa shape index (κ3) is 3.97. The van der Waals surface area contributed by atoms with Crippen LogP contribution in [0.3, 0.4) is 0 Å². The number of carbonyl (C=O) groups is 1. The van der Waals surface area contributed by atoms with Gasteiger partial charge in [0.25, 0.3) is 0 Å². The molecular weight excluding hydrogens is 352 g/mol. The molecule has 0 radical (unpaired) electrons. The summed E-state index contributed by atoms with van der Waals surface area (Å²) in [5.41, 5.74) is -0.424. The van der Waals surface area contributed by atoms with Crippen molar-refractivity contribution in [3.05, 3.63) is 72.4 Å². The van der Waals surface area contributed by atoms with E-state index >= 15 is 0 Å². The van der Waals surface area contributed by atoms with Crippen LogP contribution in [0.4, 0.5) is 25.1 Å². The van der Waals surface area contributed by atoms with Gasteiger partial charge in [0.05, 0.1) is 11.9 Å². The van der Waals surface area contributed by atoms with Crippen LogP contribution < -0.4 is 9.64 Å². The number of hydrogen-bond acceptors (Lipinski definition) is 3. The minimum atomic E-state index is -1.28. The molecular formula is C20H19F2N3O2. The molecule has 0 bridgehead atoms. The van der Waals surface area contributed by atoms with Gasteiger partial charge in [0.15, 0.2) is 0 Å². The first kappa shape index (κ1) is 18.6. The van der Waals surface area contributed by atoms with Gasteiger partial charge in [-0.3, -0.25) is 13.9 Å². The van der Waals surface area contributed by atoms with E-state index in [9.17, 15) is 13.6 Å². The number of hydrogen-bond donors (Lipinski definition) is 1. The first-order valence-electron chi connectivity index (χ1n) is 8.36. The first-order valence-corrected chi connectivity index (χ1v) is 8.36. The topological polar surface area (TPSA) is 58.2 Å². The molecule has 0 spiro atoms. The fourth-order valence-corrected chi connectivity index (χ4v) is 2.56. The van der Waals surface area contributed by atoms with Crippen LogP contribution in [0.15, 0.2) is 66.9 Å². The second-order valence-electron chi connectivity index (χ2n) is 6.34. The summed E-state index contributed by atoms with van der Waals surface area (Å²) in [6, 6.07) is 16.7. The van der Waals surface area contributed by atoms with E-state index in [4.69, 9.17) is 4.74 Å². The molecule has 0 unspecified atom stereocenters. The summed E-state index contributed by atoms with van der Waals surface area (Å²) in [5.74, 6) is 0.746. The van der Waals surface area contributed by atoms with Crippen LogP contribution in [-0.4, -0.2) is 29.6 Å². The molecule has 7 heteroatoms. The van der Waals surface area contributed by atoms with Crippen LogP contribution in [0.25, 0.3) is 0 Å². The lowest BCUT2D eigenvalue weighted by Gasteiger charge is -2.26. The number of para-hydroxylation sites is 1. The van der Waals surface area contributed by atoms with Crippen molar-refractivity contribution in [2.75, 3.05) is 18.2 Å². The second-order valence-corrected chi connectivity index (χ2v) is 6.34. The van der Waals surface area contributed by atoms with Crippen molar-refractivity contribution in [2.45, 2.75) is 12.3 Å². The van der Waals surface area contributed by atoms with Gasteiger partial charge < -0.3 is 4.74 Å². The molecule has 0 saturated heterocycles. The van der Waals surface area contributed by atoms with E-state index < -0.39 is 24.9 Å². The van der Waals surface area contributed by atoms with E-state index in [-0.39, 0.29) is 0 Å². The van der Waals surface area contributed by atoms with Gasteiger partial charge in [-0.25, -0.2) is 9.69 Å². The summed E-state index contributed by atoms with van der Waals surface area (Å²) >= 11 is 0. The van der Waals surface area contributed by atoms with Gasteiger partial charge in [0, 0.05) is 11.5 Å². The van der Waals surface area contributed by atoms with Crippen LogP contribution in [0, 0.1) is 0 Å². The maximum Gasteiger partial charge on any atom is 0.425 e. The van der Waals surface area contributed by atoms with E-state index in [2.05, 4.69) is 10.2 Å². The predicted molar refractivity (Wildman–Crippen MR) is 98.9 cm³/mol. The molecule has 3 rings (SSSR count). The number of rotatable bonds is 6. The number of aromatic amines is 1. The van der Waals surface area contributed by atoms with E-state index in [1.807, 2.05) is 6.07 Å². The Balaban J connectivity index is 1.98. The number of benzene rings is 2. The Kier molecular flexibility index (Phi) is 5.49. The van der Waals surface area contributed by atoms with Crippen LogP contribution >= 0.6 is 0 Å². The number of anilines is 2. The quantitative estimate of drug-likeness (QED) is 0.667. The van der Waals surface area contributed by atoms with Gasteiger partial charge in [-0.15, -0.1) is 0 Å². The van der Waals surface area contributed by atoms with E-state index in [0.29, 0.717) is 22.8 Å². The molecule has 5 nitrogen and oxygen atoms in total. The van der Waals surface area contributed by atoms with Crippen LogP contribution in [0.5, 0.6) is 5.75 Å². The zero-order valence-electron chi connectivity index (χ0n) is 14.7. The molecule has 27 heavy (non-hydrogen) atoms. The van der Waals surface area contributed by atoms with E-state index in [1.165, 1.54) is 18.0 Å². The summed E-state index contributed by atoms with van der Waals surface area (Å²) < 4.78 is 32.3. The fourth-order valence-electron chi connectivity index (χ4n) is 2.56. The first-order chi connectivity index (χ1) is 13.1. The van der Waals surface area contributed by atoms with Gasteiger partial charge in [0.1, 0.15) is 24.9 Å². The maximum atomic E-state index is 13.4. The summed E-state index contributed by atoms with van der Waals surface area (Å²) in [6.45, 7) is -0.216. The minimum absolute atomic E-state index is 0.371. The highest BCUT2D eigenvalue weighted by atomic mass is 19.1. The zero-order valence-corrected chi connectivity index (χ0v) is 14.7. The Bertz CT molecular complexity index is 881. The molecule has 0 aliphatic heterocycles. The van der Waals surface area contributed by atoms with Crippen molar-refractivity contribution < 1.29 is 18.3 Å². The van der Waals surface area contributed by atoms with Crippen molar-refractivity contribution in [2.24, 2.45) is 0 Å². The Morgan fingerprint density at radius 1 is 1.11 bits per heavy atom. The molecule has 3 aromatic rings. The number of H-pyrrole nitrogens is 1. The molecule has 1 amide bonds. The summed E-state index contributed by atoms with van der Waals surface area (Å²) in [6.07, 6.45) is 0.819. The highest BCUT2D eigenvalue weighted by molar-refractivity contribution is 5.96. The molecule has 0 aliphatic rings. The summed E-state index contributed by atoms with van der Waals surface area (Å²) in [7, 11) is 0. The van der Waals surface area contributed by atoms with Gasteiger partial charge >= 0.3 is 6.09 Å². The number of carbonyl (C=O) groups excluding carboxylic acids is 1. The Morgan fingerprint density at radius 3 is 2.48 bits per heavy atom. The number of ether oxygens (including phenoxy) is 1. The Morgan fingerprint density at radius 2 is 1.85 bits per heavy atom. The molecule has 1 heterocycles. The molecule has 0 fully saturated rings. The lowest BCUT2D eigenvalue weighted by molar-refractivity contribution is 0.210. The molecule has 1 aromatic heterocycles. The van der Waals surface area contributed by atoms with E-state index in [1.54, 1.807) is 54.6 Å². The highest BCUT2D eigenvalue weighted by Gasteiger charge is 2.29. The van der Waals surface area contributed by atoms with Crippen molar-refractivity contribution >= 4 is 17.6 Å². The van der Waals surface area contributed by atoms with Crippen molar-refractivity contribution in [1.82, 2.24) is 10.2 Å². The number of nitrogens with zero attached hydrogens (tertiary/aromatic N) is 2. The summed E-state index contributed by atoms with van der Waals surface area (Å²) in [4.78, 5) is 14.1. The SMILES string of the molecule is CC(CF)(CF)c1cccc(N(C(=O)Oc2ccccc2)c2ccn[nH]2)c1. The number of alkyl halides is 2. The fraction of sp³-hybridized carbons (Fsp3) is 0.200. The molecule has 140 valence electrons. The highest BCUT2D eigenvalue weighted by Crippen LogP contribution is 2.31. The summed E-state index contributed by atoms with van der Waals surface area (Å²) in [5, 5.41) is 6.58. The monoisotopic (exact) mass is 371 g/mol. The van der Waals surface area contributed by atoms with Crippen LogP contribution in [0.2, 0.25) is 0 Å². The van der Waals surface area contributed by atoms with Crippen LogP contribution in [0.1, 0.15) is 12.5 Å². The molecule has 0 atom stereocenters. The Hall–Kier alpha value is -3.22. The molecule has 0 aliphatic carbocycles. The van der Waals surface area contributed by atoms with Crippen molar-refractivity contribution in [1.29, 1.82) is 0 Å². The van der Waals surface area contributed by atoms with Gasteiger partial charge in [-0.05, 0) is 29.8 Å². The lowest BCUT2D eigenvalue weighted by Crippen LogP contribution is -2.31. The predicted octanol–water partition coefficient (Wildman–Crippen LogP) is 4.94. The average molecular weight is 371 g/mol. The number of nitrogens with one attached hydrogen (secondary N) is 1. The second kappa shape index (κ2) is 7.99.